The highest BCUT2D eigenvalue weighted by molar-refractivity contribution is 5.84. The minimum Gasteiger partial charge on any atom is -0.390 e. The average Bonchev–Trinajstić information content (AvgIpc) is 3.05. The van der Waals surface area contributed by atoms with Gasteiger partial charge in [-0.2, -0.15) is 0 Å². The van der Waals surface area contributed by atoms with E-state index in [0.29, 0.717) is 12.2 Å². The van der Waals surface area contributed by atoms with E-state index in [-0.39, 0.29) is 11.3 Å². The molecule has 0 spiro atoms. The summed E-state index contributed by atoms with van der Waals surface area (Å²) in [7, 11) is 0. The number of carbonyl (C=O) groups is 1. The number of fused-ring (bicyclic) bond motifs is 5. The first-order valence-corrected chi connectivity index (χ1v) is 12.2. The maximum atomic E-state index is 13.3. The molecule has 4 saturated carbocycles. The highest BCUT2D eigenvalue weighted by Crippen LogP contribution is 2.64. The molecule has 8 atom stereocenters. The first-order chi connectivity index (χ1) is 13.9. The molecule has 1 aromatic rings. The van der Waals surface area contributed by atoms with Crippen LogP contribution in [0, 0.1) is 40.9 Å². The van der Waals surface area contributed by atoms with E-state index in [2.05, 4.69) is 19.1 Å². The van der Waals surface area contributed by atoms with E-state index in [0.717, 1.165) is 48.9 Å². The molecule has 4 fully saturated rings. The quantitative estimate of drug-likeness (QED) is 0.701. The van der Waals surface area contributed by atoms with Crippen molar-refractivity contribution in [2.24, 2.45) is 40.9 Å². The van der Waals surface area contributed by atoms with E-state index < -0.39 is 5.60 Å². The fraction of sp³-hybridized carbons (Fsp3) is 0.741. The van der Waals surface area contributed by atoms with E-state index >= 15 is 0 Å². The zero-order valence-corrected chi connectivity index (χ0v) is 18.3. The van der Waals surface area contributed by atoms with Crippen LogP contribution in [0.5, 0.6) is 0 Å². The van der Waals surface area contributed by atoms with Crippen LogP contribution in [0.1, 0.15) is 77.2 Å². The van der Waals surface area contributed by atoms with Crippen LogP contribution in [0.2, 0.25) is 0 Å². The SMILES string of the molecule is C[C@@]1(O)CC[C@H]2C(CC[C@@H]3[C@@H]2CC[C@]2(C)[C@@H](C(=O)Cc4ccccc4)CC[C@@H]32)C1. The molecule has 5 rings (SSSR count). The molecule has 29 heavy (non-hydrogen) atoms. The minimum atomic E-state index is -0.431. The van der Waals surface area contributed by atoms with Gasteiger partial charge in [0.1, 0.15) is 5.78 Å². The van der Waals surface area contributed by atoms with E-state index in [1.807, 2.05) is 25.1 Å². The second-order valence-corrected chi connectivity index (χ2v) is 11.5. The lowest BCUT2D eigenvalue weighted by atomic mass is 9.49. The molecule has 1 N–H and O–H groups in total. The lowest BCUT2D eigenvalue weighted by Gasteiger charge is -2.56. The molecule has 2 nitrogen and oxygen atoms in total. The van der Waals surface area contributed by atoms with Gasteiger partial charge in [-0.05, 0) is 105 Å². The molecular formula is C27H38O2. The van der Waals surface area contributed by atoms with Gasteiger partial charge in [0.2, 0.25) is 0 Å². The predicted molar refractivity (Wildman–Crippen MR) is 116 cm³/mol. The smallest absolute Gasteiger partial charge is 0.140 e. The fourth-order valence-electron chi connectivity index (χ4n) is 8.53. The Morgan fingerprint density at radius 2 is 1.69 bits per heavy atom. The third-order valence-electron chi connectivity index (χ3n) is 9.85. The summed E-state index contributed by atoms with van der Waals surface area (Å²) in [5.74, 6) is 4.74. The maximum absolute atomic E-state index is 13.3. The van der Waals surface area contributed by atoms with Crippen LogP contribution in [0.25, 0.3) is 0 Å². The van der Waals surface area contributed by atoms with Crippen molar-refractivity contribution in [1.82, 2.24) is 0 Å². The number of hydrogen-bond donors (Lipinski definition) is 1. The zero-order chi connectivity index (χ0) is 20.2. The van der Waals surface area contributed by atoms with Crippen molar-refractivity contribution < 1.29 is 9.90 Å². The van der Waals surface area contributed by atoms with Crippen molar-refractivity contribution in [1.29, 1.82) is 0 Å². The minimum absolute atomic E-state index is 0.222. The summed E-state index contributed by atoms with van der Waals surface area (Å²) in [4.78, 5) is 13.3. The lowest BCUT2D eigenvalue weighted by molar-refractivity contribution is -0.131. The maximum Gasteiger partial charge on any atom is 0.140 e. The van der Waals surface area contributed by atoms with Crippen molar-refractivity contribution in [2.45, 2.75) is 83.7 Å². The molecule has 0 saturated heterocycles. The highest BCUT2D eigenvalue weighted by Gasteiger charge is 2.58. The van der Waals surface area contributed by atoms with Gasteiger partial charge in [0.25, 0.3) is 0 Å². The molecule has 0 amide bonds. The van der Waals surface area contributed by atoms with Gasteiger partial charge in [-0.1, -0.05) is 37.3 Å². The van der Waals surface area contributed by atoms with Crippen LogP contribution in [0.15, 0.2) is 30.3 Å². The Morgan fingerprint density at radius 3 is 2.48 bits per heavy atom. The Kier molecular flexibility index (Phi) is 4.93. The van der Waals surface area contributed by atoms with E-state index in [4.69, 9.17) is 0 Å². The second kappa shape index (κ2) is 7.22. The predicted octanol–water partition coefficient (Wildman–Crippen LogP) is 5.82. The number of rotatable bonds is 3. The molecule has 1 unspecified atom stereocenters. The van der Waals surface area contributed by atoms with Crippen LogP contribution in [-0.2, 0) is 11.2 Å². The van der Waals surface area contributed by atoms with Crippen molar-refractivity contribution in [3.63, 3.8) is 0 Å². The number of carbonyl (C=O) groups excluding carboxylic acids is 1. The van der Waals surface area contributed by atoms with Gasteiger partial charge in [-0.15, -0.1) is 0 Å². The summed E-state index contributed by atoms with van der Waals surface area (Å²) in [6, 6.07) is 10.3. The molecule has 0 aliphatic heterocycles. The Balaban J connectivity index is 1.31. The van der Waals surface area contributed by atoms with Gasteiger partial charge in [0, 0.05) is 12.3 Å². The fourth-order valence-corrected chi connectivity index (χ4v) is 8.53. The van der Waals surface area contributed by atoms with Crippen molar-refractivity contribution >= 4 is 5.78 Å². The molecule has 2 heteroatoms. The third-order valence-corrected chi connectivity index (χ3v) is 9.85. The van der Waals surface area contributed by atoms with Gasteiger partial charge in [-0.25, -0.2) is 0 Å². The zero-order valence-electron chi connectivity index (χ0n) is 18.3. The normalized spacial score (nSPS) is 46.4. The highest BCUT2D eigenvalue weighted by atomic mass is 16.3. The van der Waals surface area contributed by atoms with Crippen LogP contribution >= 0.6 is 0 Å². The van der Waals surface area contributed by atoms with Crippen LogP contribution in [-0.4, -0.2) is 16.5 Å². The number of Topliss-reactive ketones (excluding diaryl/α,β-unsaturated/α-hetero) is 1. The monoisotopic (exact) mass is 394 g/mol. The second-order valence-electron chi connectivity index (χ2n) is 11.5. The van der Waals surface area contributed by atoms with Crippen LogP contribution < -0.4 is 0 Å². The number of ketones is 1. The summed E-state index contributed by atoms with van der Waals surface area (Å²) in [6.07, 6.45) is 11.4. The van der Waals surface area contributed by atoms with Crippen LogP contribution in [0.3, 0.4) is 0 Å². The summed E-state index contributed by atoms with van der Waals surface area (Å²) in [5.41, 5.74) is 0.965. The Morgan fingerprint density at radius 1 is 0.931 bits per heavy atom. The van der Waals surface area contributed by atoms with E-state index in [1.165, 1.54) is 44.1 Å². The van der Waals surface area contributed by atoms with Crippen molar-refractivity contribution in [3.05, 3.63) is 35.9 Å². The Bertz CT molecular complexity index is 753. The van der Waals surface area contributed by atoms with Gasteiger partial charge >= 0.3 is 0 Å². The standard InChI is InChI=1S/C27H38O2/c1-26(29)14-12-20-19(17-26)8-9-22-21(20)13-15-27(2)23(22)10-11-24(27)25(28)16-18-6-4-3-5-7-18/h3-7,19-24,29H,8-17H2,1-2H3/t19?,20-,21+,22+,23-,24+,26+,27-/m0/s1. The Labute approximate surface area is 176 Å². The van der Waals surface area contributed by atoms with Gasteiger partial charge in [0.15, 0.2) is 0 Å². The molecular weight excluding hydrogens is 356 g/mol. The first-order valence-electron chi connectivity index (χ1n) is 12.2. The van der Waals surface area contributed by atoms with E-state index in [9.17, 15) is 9.90 Å². The Hall–Kier alpha value is -1.15. The topological polar surface area (TPSA) is 37.3 Å². The number of hydrogen-bond acceptors (Lipinski definition) is 2. The lowest BCUT2D eigenvalue weighted by Crippen LogP contribution is -2.51. The van der Waals surface area contributed by atoms with Gasteiger partial charge < -0.3 is 5.11 Å². The number of benzene rings is 1. The summed E-state index contributed by atoms with van der Waals surface area (Å²) in [6.45, 7) is 4.51. The molecule has 4 aliphatic rings. The number of aliphatic hydroxyl groups is 1. The molecule has 0 heterocycles. The van der Waals surface area contributed by atoms with Crippen molar-refractivity contribution in [2.75, 3.05) is 0 Å². The van der Waals surface area contributed by atoms with Crippen LogP contribution in [0.4, 0.5) is 0 Å². The van der Waals surface area contributed by atoms with Gasteiger partial charge in [-0.3, -0.25) is 4.79 Å². The van der Waals surface area contributed by atoms with Crippen molar-refractivity contribution in [3.8, 4) is 0 Å². The molecule has 158 valence electrons. The summed E-state index contributed by atoms with van der Waals surface area (Å²) >= 11 is 0. The molecule has 4 aliphatic carbocycles. The van der Waals surface area contributed by atoms with E-state index in [1.54, 1.807) is 0 Å². The molecule has 1 aromatic carbocycles. The first kappa shape index (κ1) is 19.8. The van der Waals surface area contributed by atoms with Gasteiger partial charge in [0.05, 0.1) is 5.60 Å². The summed E-state index contributed by atoms with van der Waals surface area (Å²) in [5, 5.41) is 10.6. The molecule has 0 radical (unpaired) electrons. The third kappa shape index (κ3) is 3.40. The molecule has 0 bridgehead atoms. The average molecular weight is 395 g/mol. The largest absolute Gasteiger partial charge is 0.390 e. The summed E-state index contributed by atoms with van der Waals surface area (Å²) < 4.78 is 0. The molecule has 0 aromatic heterocycles.